The van der Waals surface area contributed by atoms with Crippen LogP contribution in [0, 0.1) is 0 Å². The molecule has 2 heterocycles. The molecule has 0 bridgehead atoms. The Balaban J connectivity index is 1.64. The number of nitrogens with zero attached hydrogens (tertiary/aromatic N) is 4. The molecule has 4 aromatic rings. The molecule has 198 valence electrons. The predicted molar refractivity (Wildman–Crippen MR) is 147 cm³/mol. The van der Waals surface area contributed by atoms with E-state index in [-0.39, 0.29) is 37.8 Å². The Bertz CT molecular complexity index is 1470. The van der Waals surface area contributed by atoms with Gasteiger partial charge in [-0.2, -0.15) is 5.10 Å². The van der Waals surface area contributed by atoms with Crippen molar-refractivity contribution in [2.45, 2.75) is 19.0 Å². The standard InChI is InChI=1S/C30H29N5O4/c31-25(36)20-35-28(26(22-12-6-2-7-13-22)27(32-35)23-14-8-3-9-15-23)29(37)34-17-16-33(30(38)39)19-24(34)18-21-10-4-1-5-11-21/h1-15,24H,16-20H2,(H2,31,36)(H,38,39)/t24-/m1/s1. The van der Waals surface area contributed by atoms with Crippen molar-refractivity contribution in [1.82, 2.24) is 19.6 Å². The molecule has 9 heteroatoms. The minimum Gasteiger partial charge on any atom is -0.465 e. The second-order valence-electron chi connectivity index (χ2n) is 9.50. The van der Waals surface area contributed by atoms with Gasteiger partial charge in [-0.05, 0) is 17.5 Å². The Labute approximate surface area is 226 Å². The van der Waals surface area contributed by atoms with E-state index < -0.39 is 18.0 Å². The fourth-order valence-corrected chi connectivity index (χ4v) is 5.11. The number of benzene rings is 3. The molecular weight excluding hydrogens is 494 g/mol. The number of carboxylic acid groups (broad SMARTS) is 1. The lowest BCUT2D eigenvalue weighted by atomic mass is 9.97. The van der Waals surface area contributed by atoms with Crippen LogP contribution in [0.5, 0.6) is 0 Å². The fourth-order valence-electron chi connectivity index (χ4n) is 5.11. The summed E-state index contributed by atoms with van der Waals surface area (Å²) in [4.78, 5) is 41.4. The highest BCUT2D eigenvalue weighted by Gasteiger charge is 2.37. The van der Waals surface area contributed by atoms with E-state index in [0.29, 0.717) is 17.7 Å². The number of nitrogens with two attached hydrogens (primary N) is 1. The summed E-state index contributed by atoms with van der Waals surface area (Å²) in [6.45, 7) is 0.292. The Morgan fingerprint density at radius 3 is 2.03 bits per heavy atom. The smallest absolute Gasteiger partial charge is 0.407 e. The average molecular weight is 524 g/mol. The monoisotopic (exact) mass is 523 g/mol. The van der Waals surface area contributed by atoms with Crippen LogP contribution in [0.2, 0.25) is 0 Å². The number of carbonyl (C=O) groups is 3. The lowest BCUT2D eigenvalue weighted by Crippen LogP contribution is -2.57. The van der Waals surface area contributed by atoms with Crippen LogP contribution in [-0.2, 0) is 17.8 Å². The Hall–Kier alpha value is -4.92. The predicted octanol–water partition coefficient (Wildman–Crippen LogP) is 3.75. The maximum atomic E-state index is 14.5. The van der Waals surface area contributed by atoms with E-state index >= 15 is 0 Å². The SMILES string of the molecule is NC(=O)Cn1nc(-c2ccccc2)c(-c2ccccc2)c1C(=O)N1CCN(C(=O)O)C[C@H]1Cc1ccccc1. The van der Waals surface area contributed by atoms with E-state index in [0.717, 1.165) is 16.7 Å². The topological polar surface area (TPSA) is 122 Å². The van der Waals surface area contributed by atoms with E-state index in [1.807, 2.05) is 91.0 Å². The molecule has 39 heavy (non-hydrogen) atoms. The summed E-state index contributed by atoms with van der Waals surface area (Å²) < 4.78 is 1.39. The van der Waals surface area contributed by atoms with Crippen LogP contribution in [0.1, 0.15) is 16.1 Å². The summed E-state index contributed by atoms with van der Waals surface area (Å²) in [5.41, 5.74) is 9.58. The first kappa shape index (κ1) is 25.7. The second-order valence-corrected chi connectivity index (χ2v) is 9.50. The number of rotatable bonds is 7. The highest BCUT2D eigenvalue weighted by atomic mass is 16.4. The van der Waals surface area contributed by atoms with Crippen molar-refractivity contribution in [3.8, 4) is 22.4 Å². The van der Waals surface area contributed by atoms with Gasteiger partial charge in [-0.3, -0.25) is 9.59 Å². The first-order valence-corrected chi connectivity index (χ1v) is 12.7. The number of hydrogen-bond donors (Lipinski definition) is 2. The molecule has 1 atom stereocenters. The third-order valence-corrected chi connectivity index (χ3v) is 6.90. The molecule has 9 nitrogen and oxygen atoms in total. The molecule has 1 aromatic heterocycles. The molecule has 0 radical (unpaired) electrons. The quantitative estimate of drug-likeness (QED) is 0.382. The van der Waals surface area contributed by atoms with Gasteiger partial charge in [0.15, 0.2) is 0 Å². The number of amides is 3. The summed E-state index contributed by atoms with van der Waals surface area (Å²) in [6, 6.07) is 28.2. The highest BCUT2D eigenvalue weighted by Crippen LogP contribution is 2.36. The first-order chi connectivity index (χ1) is 18.9. The van der Waals surface area contributed by atoms with E-state index in [9.17, 15) is 19.5 Å². The maximum absolute atomic E-state index is 14.5. The lowest BCUT2D eigenvalue weighted by molar-refractivity contribution is -0.118. The normalized spacial score (nSPS) is 15.2. The Morgan fingerprint density at radius 1 is 0.846 bits per heavy atom. The number of primary amides is 1. The van der Waals surface area contributed by atoms with Crippen molar-refractivity contribution in [3.63, 3.8) is 0 Å². The zero-order chi connectivity index (χ0) is 27.4. The molecule has 3 N–H and O–H groups in total. The third kappa shape index (κ3) is 5.52. The van der Waals surface area contributed by atoms with Crippen LogP contribution in [0.4, 0.5) is 4.79 Å². The van der Waals surface area contributed by atoms with E-state index in [1.165, 1.54) is 9.58 Å². The molecule has 0 saturated carbocycles. The average Bonchev–Trinajstić information content (AvgIpc) is 3.32. The van der Waals surface area contributed by atoms with Gasteiger partial charge in [0.2, 0.25) is 5.91 Å². The first-order valence-electron chi connectivity index (χ1n) is 12.7. The number of aromatic nitrogens is 2. The van der Waals surface area contributed by atoms with E-state index in [4.69, 9.17) is 10.8 Å². The summed E-state index contributed by atoms with van der Waals surface area (Å²) in [5.74, 6) is -0.946. The summed E-state index contributed by atoms with van der Waals surface area (Å²) in [5, 5.41) is 14.4. The molecule has 5 rings (SSSR count). The third-order valence-electron chi connectivity index (χ3n) is 6.90. The van der Waals surface area contributed by atoms with Crippen LogP contribution in [0.15, 0.2) is 91.0 Å². The van der Waals surface area contributed by atoms with Crippen molar-refractivity contribution in [1.29, 1.82) is 0 Å². The van der Waals surface area contributed by atoms with Gasteiger partial charge in [0.25, 0.3) is 5.91 Å². The molecule has 0 unspecified atom stereocenters. The largest absolute Gasteiger partial charge is 0.465 e. The summed E-state index contributed by atoms with van der Waals surface area (Å²) in [7, 11) is 0. The van der Waals surface area contributed by atoms with Crippen LogP contribution >= 0.6 is 0 Å². The molecule has 3 aromatic carbocycles. The fraction of sp³-hybridized carbons (Fsp3) is 0.200. The number of piperazine rings is 1. The van der Waals surface area contributed by atoms with Crippen molar-refractivity contribution in [2.75, 3.05) is 19.6 Å². The van der Waals surface area contributed by atoms with Gasteiger partial charge in [0, 0.05) is 30.8 Å². The second kappa shape index (κ2) is 11.2. The molecular formula is C30H29N5O4. The van der Waals surface area contributed by atoms with E-state index in [2.05, 4.69) is 0 Å². The van der Waals surface area contributed by atoms with Crippen molar-refractivity contribution >= 4 is 17.9 Å². The zero-order valence-corrected chi connectivity index (χ0v) is 21.3. The molecule has 0 aliphatic carbocycles. The minimum absolute atomic E-state index is 0.173. The lowest BCUT2D eigenvalue weighted by Gasteiger charge is -2.40. The molecule has 0 spiro atoms. The van der Waals surface area contributed by atoms with Crippen molar-refractivity contribution < 1.29 is 19.5 Å². The van der Waals surface area contributed by atoms with Gasteiger partial charge in [-0.15, -0.1) is 0 Å². The van der Waals surface area contributed by atoms with Gasteiger partial charge >= 0.3 is 6.09 Å². The van der Waals surface area contributed by atoms with Gasteiger partial charge in [0.05, 0.1) is 6.04 Å². The molecule has 1 saturated heterocycles. The highest BCUT2D eigenvalue weighted by molar-refractivity contribution is 6.03. The van der Waals surface area contributed by atoms with Crippen LogP contribution < -0.4 is 5.73 Å². The summed E-state index contributed by atoms with van der Waals surface area (Å²) >= 11 is 0. The van der Waals surface area contributed by atoms with Gasteiger partial charge < -0.3 is 20.6 Å². The van der Waals surface area contributed by atoms with Crippen molar-refractivity contribution in [3.05, 3.63) is 102 Å². The number of hydrogen-bond acceptors (Lipinski definition) is 4. The van der Waals surface area contributed by atoms with Gasteiger partial charge in [-0.25, -0.2) is 9.48 Å². The Kier molecular flexibility index (Phi) is 7.40. The van der Waals surface area contributed by atoms with Crippen LogP contribution in [0.3, 0.4) is 0 Å². The minimum atomic E-state index is -1.02. The van der Waals surface area contributed by atoms with E-state index in [1.54, 1.807) is 4.90 Å². The molecule has 1 aliphatic heterocycles. The van der Waals surface area contributed by atoms with Crippen LogP contribution in [-0.4, -0.2) is 68.3 Å². The maximum Gasteiger partial charge on any atom is 0.407 e. The van der Waals surface area contributed by atoms with Crippen molar-refractivity contribution in [2.24, 2.45) is 5.73 Å². The summed E-state index contributed by atoms with van der Waals surface area (Å²) in [6.07, 6.45) is -0.540. The van der Waals surface area contributed by atoms with Gasteiger partial charge in [-0.1, -0.05) is 91.0 Å². The zero-order valence-electron chi connectivity index (χ0n) is 21.3. The van der Waals surface area contributed by atoms with Gasteiger partial charge in [0.1, 0.15) is 17.9 Å². The molecule has 1 fully saturated rings. The van der Waals surface area contributed by atoms with Crippen LogP contribution in [0.25, 0.3) is 22.4 Å². The Morgan fingerprint density at radius 2 is 1.44 bits per heavy atom. The molecule has 1 aliphatic rings. The number of carbonyl (C=O) groups excluding carboxylic acids is 2. The molecule has 3 amide bonds.